The van der Waals surface area contributed by atoms with E-state index >= 15 is 0 Å². The van der Waals surface area contributed by atoms with Crippen molar-refractivity contribution in [1.82, 2.24) is 0 Å². The first-order valence-electron chi connectivity index (χ1n) is 4.69. The van der Waals surface area contributed by atoms with Crippen LogP contribution >= 0.6 is 33.9 Å². The summed E-state index contributed by atoms with van der Waals surface area (Å²) in [6.45, 7) is 1.40. The average Bonchev–Trinajstić information content (AvgIpc) is 2.74. The van der Waals surface area contributed by atoms with Crippen LogP contribution in [0.3, 0.4) is 0 Å². The highest BCUT2D eigenvalue weighted by molar-refractivity contribution is 14.1. The van der Waals surface area contributed by atoms with Crippen LogP contribution in [0.1, 0.15) is 10.4 Å². The summed E-state index contributed by atoms with van der Waals surface area (Å²) in [6, 6.07) is 12.6. The van der Waals surface area contributed by atoms with Crippen molar-refractivity contribution in [3.05, 3.63) is 55.8 Å². The lowest BCUT2D eigenvalue weighted by molar-refractivity contribution is 0.109. The first kappa shape index (κ1) is 11.1. The fourth-order valence-electron chi connectivity index (χ4n) is 1.24. The molecule has 0 N–H and O–H groups in total. The van der Waals surface area contributed by atoms with Gasteiger partial charge in [0.2, 0.25) is 0 Å². The highest BCUT2D eigenvalue weighted by Crippen LogP contribution is 2.12. The minimum Gasteiger partial charge on any atom is -0.371 e. The van der Waals surface area contributed by atoms with E-state index in [9.17, 15) is 0 Å². The Balaban J connectivity index is 1.81. The smallest absolute Gasteiger partial charge is 0.0813 e. The van der Waals surface area contributed by atoms with Crippen molar-refractivity contribution in [2.75, 3.05) is 0 Å². The molecule has 1 aromatic carbocycles. The third-order valence-corrected chi connectivity index (χ3v) is 3.58. The Morgan fingerprint density at radius 3 is 2.53 bits per heavy atom. The maximum absolute atomic E-state index is 5.61. The normalized spacial score (nSPS) is 10.5. The molecular weight excluding hydrogens is 319 g/mol. The highest BCUT2D eigenvalue weighted by atomic mass is 127. The van der Waals surface area contributed by atoms with E-state index in [1.54, 1.807) is 11.3 Å². The van der Waals surface area contributed by atoms with Crippen molar-refractivity contribution in [3.8, 4) is 0 Å². The first-order chi connectivity index (χ1) is 7.34. The van der Waals surface area contributed by atoms with Crippen LogP contribution in [0, 0.1) is 3.57 Å². The molecule has 0 fully saturated rings. The lowest BCUT2D eigenvalue weighted by atomic mass is 10.2. The molecule has 0 saturated carbocycles. The van der Waals surface area contributed by atoms with E-state index in [-0.39, 0.29) is 0 Å². The first-order valence-corrected chi connectivity index (χ1v) is 6.65. The molecule has 0 unspecified atom stereocenters. The highest BCUT2D eigenvalue weighted by Gasteiger charge is 1.95. The van der Waals surface area contributed by atoms with Crippen LogP contribution in [0.5, 0.6) is 0 Å². The second kappa shape index (κ2) is 5.63. The molecule has 0 radical (unpaired) electrons. The van der Waals surface area contributed by atoms with Gasteiger partial charge in [0.15, 0.2) is 0 Å². The molecule has 0 amide bonds. The van der Waals surface area contributed by atoms with E-state index in [2.05, 4.69) is 58.3 Å². The van der Waals surface area contributed by atoms with Crippen molar-refractivity contribution >= 4 is 33.9 Å². The van der Waals surface area contributed by atoms with Crippen molar-refractivity contribution < 1.29 is 4.74 Å². The van der Waals surface area contributed by atoms with Crippen LogP contribution in [0.25, 0.3) is 0 Å². The van der Waals surface area contributed by atoms with Gasteiger partial charge in [-0.05, 0) is 51.7 Å². The van der Waals surface area contributed by atoms with Crippen LogP contribution in [0.15, 0.2) is 41.8 Å². The lowest BCUT2D eigenvalue weighted by Crippen LogP contribution is -1.92. The second-order valence-corrected chi connectivity index (χ2v) is 5.48. The molecule has 3 heteroatoms. The Hall–Kier alpha value is -0.390. The van der Waals surface area contributed by atoms with E-state index < -0.39 is 0 Å². The van der Waals surface area contributed by atoms with Gasteiger partial charge in [-0.25, -0.2) is 0 Å². The van der Waals surface area contributed by atoms with Gasteiger partial charge in [-0.15, -0.1) is 11.3 Å². The molecule has 0 aliphatic heterocycles. The molecule has 1 aromatic heterocycles. The zero-order valence-electron chi connectivity index (χ0n) is 8.15. The van der Waals surface area contributed by atoms with E-state index in [0.29, 0.717) is 13.2 Å². The van der Waals surface area contributed by atoms with Gasteiger partial charge < -0.3 is 4.74 Å². The summed E-state index contributed by atoms with van der Waals surface area (Å²) in [4.78, 5) is 1.28. The fourth-order valence-corrected chi connectivity index (χ4v) is 2.24. The van der Waals surface area contributed by atoms with Gasteiger partial charge in [-0.2, -0.15) is 0 Å². The number of benzene rings is 1. The van der Waals surface area contributed by atoms with E-state index in [0.717, 1.165) is 0 Å². The predicted molar refractivity (Wildman–Crippen MR) is 72.0 cm³/mol. The molecule has 78 valence electrons. The fraction of sp³-hybridized carbons (Fsp3) is 0.167. The number of hydrogen-bond donors (Lipinski definition) is 0. The molecule has 15 heavy (non-hydrogen) atoms. The molecule has 1 heterocycles. The Morgan fingerprint density at radius 2 is 1.87 bits per heavy atom. The van der Waals surface area contributed by atoms with Crippen molar-refractivity contribution in [3.63, 3.8) is 0 Å². The van der Waals surface area contributed by atoms with Gasteiger partial charge in [0.25, 0.3) is 0 Å². The number of halogens is 1. The van der Waals surface area contributed by atoms with Crippen molar-refractivity contribution in [1.29, 1.82) is 0 Å². The Morgan fingerprint density at radius 1 is 1.07 bits per heavy atom. The summed E-state index contributed by atoms with van der Waals surface area (Å²) < 4.78 is 6.87. The van der Waals surface area contributed by atoms with E-state index in [1.807, 2.05) is 6.07 Å². The molecule has 1 nitrogen and oxygen atoms in total. The third-order valence-electron chi connectivity index (χ3n) is 2.01. The molecule has 2 aromatic rings. The summed E-state index contributed by atoms with van der Waals surface area (Å²) in [5, 5.41) is 2.07. The standard InChI is InChI=1S/C12H11IOS/c13-11-5-3-10(4-6-11)8-14-9-12-2-1-7-15-12/h1-7H,8-9H2. The maximum atomic E-state index is 5.61. The van der Waals surface area contributed by atoms with Crippen molar-refractivity contribution in [2.45, 2.75) is 13.2 Å². The molecule has 0 spiro atoms. The SMILES string of the molecule is Ic1ccc(COCc2cccs2)cc1. The van der Waals surface area contributed by atoms with Crippen molar-refractivity contribution in [2.24, 2.45) is 0 Å². The quantitative estimate of drug-likeness (QED) is 0.768. The zero-order valence-corrected chi connectivity index (χ0v) is 11.1. The third kappa shape index (κ3) is 3.59. The van der Waals surface area contributed by atoms with E-state index in [1.165, 1.54) is 14.0 Å². The van der Waals surface area contributed by atoms with Gasteiger partial charge in [-0.1, -0.05) is 18.2 Å². The topological polar surface area (TPSA) is 9.23 Å². The Bertz CT molecular complexity index is 394. The minimum absolute atomic E-state index is 0.689. The molecule has 0 aliphatic carbocycles. The number of hydrogen-bond acceptors (Lipinski definition) is 2. The summed E-state index contributed by atoms with van der Waals surface area (Å²) in [5.41, 5.74) is 1.23. The van der Waals surface area contributed by atoms with Crippen LogP contribution in [0.2, 0.25) is 0 Å². The average molecular weight is 330 g/mol. The molecule has 0 aliphatic rings. The molecular formula is C12H11IOS. The maximum Gasteiger partial charge on any atom is 0.0813 e. The number of rotatable bonds is 4. The van der Waals surface area contributed by atoms with E-state index in [4.69, 9.17) is 4.74 Å². The van der Waals surface area contributed by atoms with Crippen LogP contribution in [-0.2, 0) is 18.0 Å². The van der Waals surface area contributed by atoms with Crippen LogP contribution in [0.4, 0.5) is 0 Å². The summed E-state index contributed by atoms with van der Waals surface area (Å²) >= 11 is 4.04. The van der Waals surface area contributed by atoms with Gasteiger partial charge in [0, 0.05) is 8.45 Å². The number of thiophene rings is 1. The summed E-state index contributed by atoms with van der Waals surface area (Å²) in [5.74, 6) is 0. The van der Waals surface area contributed by atoms with Crippen LogP contribution < -0.4 is 0 Å². The molecule has 0 saturated heterocycles. The summed E-state index contributed by atoms with van der Waals surface area (Å²) in [6.07, 6.45) is 0. The monoisotopic (exact) mass is 330 g/mol. The van der Waals surface area contributed by atoms with Gasteiger partial charge in [0.05, 0.1) is 13.2 Å². The molecule has 0 bridgehead atoms. The van der Waals surface area contributed by atoms with Gasteiger partial charge >= 0.3 is 0 Å². The largest absolute Gasteiger partial charge is 0.371 e. The molecule has 2 rings (SSSR count). The zero-order chi connectivity index (χ0) is 10.5. The predicted octanol–water partition coefficient (Wildman–Crippen LogP) is 4.07. The summed E-state index contributed by atoms with van der Waals surface area (Å²) in [7, 11) is 0. The minimum atomic E-state index is 0.689. The number of ether oxygens (including phenoxy) is 1. The van der Waals surface area contributed by atoms with Gasteiger partial charge in [0.1, 0.15) is 0 Å². The lowest BCUT2D eigenvalue weighted by Gasteiger charge is -2.02. The van der Waals surface area contributed by atoms with Gasteiger partial charge in [-0.3, -0.25) is 0 Å². The Kier molecular flexibility index (Phi) is 4.17. The second-order valence-electron chi connectivity index (χ2n) is 3.20. The van der Waals surface area contributed by atoms with Crippen LogP contribution in [-0.4, -0.2) is 0 Å². The molecule has 0 atom stereocenters. The Labute approximate surface area is 107 Å².